The molecule has 19 heavy (non-hydrogen) atoms. The van der Waals surface area contributed by atoms with Crippen molar-refractivity contribution < 1.29 is 13.5 Å². The number of benzene rings is 1. The zero-order valence-electron chi connectivity index (χ0n) is 10.4. The van der Waals surface area contributed by atoms with Crippen molar-refractivity contribution in [2.45, 2.75) is 30.7 Å². The van der Waals surface area contributed by atoms with Gasteiger partial charge >= 0.3 is 0 Å². The molecular weight excluding hydrogens is 288 g/mol. The van der Waals surface area contributed by atoms with Crippen LogP contribution in [-0.4, -0.2) is 26.2 Å². The van der Waals surface area contributed by atoms with Gasteiger partial charge in [-0.1, -0.05) is 11.6 Å². The monoisotopic (exact) mass is 302 g/mol. The van der Waals surface area contributed by atoms with Crippen molar-refractivity contribution in [2.75, 3.05) is 6.61 Å². The summed E-state index contributed by atoms with van der Waals surface area (Å²) in [6.45, 7) is 1.74. The van der Waals surface area contributed by atoms with E-state index in [-0.39, 0.29) is 28.1 Å². The fourth-order valence-electron chi connectivity index (χ4n) is 1.54. The standard InChI is InChI=1S/C12H15ClN2O3S/c1-9(3-2-6-16)15-19(17,18)11-5-4-10(8-14)12(13)7-11/h4-5,7,9,15-16H,2-3,6H2,1H3. The smallest absolute Gasteiger partial charge is 0.240 e. The van der Waals surface area contributed by atoms with E-state index in [0.29, 0.717) is 12.8 Å². The second kappa shape index (κ2) is 6.87. The van der Waals surface area contributed by atoms with Crippen LogP contribution >= 0.6 is 11.6 Å². The van der Waals surface area contributed by atoms with Crippen LogP contribution < -0.4 is 4.72 Å². The molecule has 0 aliphatic heterocycles. The van der Waals surface area contributed by atoms with Crippen LogP contribution in [0, 0.1) is 11.3 Å². The van der Waals surface area contributed by atoms with Gasteiger partial charge in [0, 0.05) is 12.6 Å². The minimum absolute atomic E-state index is 0.0207. The molecule has 1 aromatic rings. The van der Waals surface area contributed by atoms with E-state index in [9.17, 15) is 8.42 Å². The van der Waals surface area contributed by atoms with Gasteiger partial charge in [0.25, 0.3) is 0 Å². The number of aliphatic hydroxyl groups excluding tert-OH is 1. The Morgan fingerprint density at radius 1 is 1.53 bits per heavy atom. The zero-order valence-corrected chi connectivity index (χ0v) is 12.0. The summed E-state index contributed by atoms with van der Waals surface area (Å²) >= 11 is 5.81. The van der Waals surface area contributed by atoms with Crippen molar-refractivity contribution in [3.05, 3.63) is 28.8 Å². The van der Waals surface area contributed by atoms with Gasteiger partial charge in [-0.3, -0.25) is 0 Å². The highest BCUT2D eigenvalue weighted by atomic mass is 35.5. The van der Waals surface area contributed by atoms with Crippen LogP contribution in [0.2, 0.25) is 5.02 Å². The highest BCUT2D eigenvalue weighted by Gasteiger charge is 2.18. The van der Waals surface area contributed by atoms with Crippen LogP contribution in [0.25, 0.3) is 0 Å². The third kappa shape index (κ3) is 4.48. The zero-order chi connectivity index (χ0) is 14.5. The van der Waals surface area contributed by atoms with Gasteiger partial charge in [-0.05, 0) is 38.0 Å². The largest absolute Gasteiger partial charge is 0.396 e. The minimum atomic E-state index is -3.66. The van der Waals surface area contributed by atoms with Gasteiger partial charge in [0.2, 0.25) is 10.0 Å². The Morgan fingerprint density at radius 2 is 2.21 bits per heavy atom. The number of halogens is 1. The molecule has 0 aromatic heterocycles. The molecule has 5 nitrogen and oxygen atoms in total. The van der Waals surface area contributed by atoms with Crippen LogP contribution in [0.5, 0.6) is 0 Å². The molecule has 0 saturated heterocycles. The lowest BCUT2D eigenvalue weighted by molar-refractivity contribution is 0.279. The second-order valence-corrected chi connectivity index (χ2v) is 6.26. The van der Waals surface area contributed by atoms with E-state index in [2.05, 4.69) is 4.72 Å². The predicted octanol–water partition coefficient (Wildman–Crippen LogP) is 1.65. The van der Waals surface area contributed by atoms with Gasteiger partial charge in [0.05, 0.1) is 15.5 Å². The summed E-state index contributed by atoms with van der Waals surface area (Å²) in [4.78, 5) is 0.0207. The molecule has 0 spiro atoms. The fraction of sp³-hybridized carbons (Fsp3) is 0.417. The molecule has 1 unspecified atom stereocenters. The molecule has 1 atom stereocenters. The number of rotatable bonds is 6. The minimum Gasteiger partial charge on any atom is -0.396 e. The highest BCUT2D eigenvalue weighted by Crippen LogP contribution is 2.20. The molecule has 7 heteroatoms. The third-order valence-corrected chi connectivity index (χ3v) is 4.42. The van der Waals surface area contributed by atoms with E-state index in [0.717, 1.165) is 0 Å². The van der Waals surface area contributed by atoms with Gasteiger partial charge in [-0.25, -0.2) is 13.1 Å². The average molecular weight is 303 g/mol. The Bertz CT molecular complexity index is 581. The van der Waals surface area contributed by atoms with Gasteiger partial charge < -0.3 is 5.11 Å². The summed E-state index contributed by atoms with van der Waals surface area (Å²) in [5.41, 5.74) is 0.231. The Kier molecular flexibility index (Phi) is 5.76. The van der Waals surface area contributed by atoms with Gasteiger partial charge in [0.15, 0.2) is 0 Å². The molecule has 0 aliphatic rings. The topological polar surface area (TPSA) is 90.2 Å². The van der Waals surface area contributed by atoms with Gasteiger partial charge in [-0.15, -0.1) is 0 Å². The highest BCUT2D eigenvalue weighted by molar-refractivity contribution is 7.89. The van der Waals surface area contributed by atoms with Crippen molar-refractivity contribution in [1.82, 2.24) is 4.72 Å². The van der Waals surface area contributed by atoms with E-state index in [1.54, 1.807) is 6.92 Å². The molecule has 0 bridgehead atoms. The quantitative estimate of drug-likeness (QED) is 0.836. The van der Waals surface area contributed by atoms with Crippen LogP contribution in [0.1, 0.15) is 25.3 Å². The molecule has 2 N–H and O–H groups in total. The summed E-state index contributed by atoms with van der Waals surface area (Å²) in [6.07, 6.45) is 1.07. The van der Waals surface area contributed by atoms with Crippen molar-refractivity contribution in [3.8, 4) is 6.07 Å². The molecule has 0 radical (unpaired) electrons. The lowest BCUT2D eigenvalue weighted by Gasteiger charge is -2.13. The molecule has 0 saturated carbocycles. The van der Waals surface area contributed by atoms with Crippen molar-refractivity contribution in [3.63, 3.8) is 0 Å². The molecule has 0 heterocycles. The first-order chi connectivity index (χ1) is 8.90. The van der Waals surface area contributed by atoms with Gasteiger partial charge in [-0.2, -0.15) is 5.26 Å². The maximum absolute atomic E-state index is 12.0. The molecule has 1 aromatic carbocycles. The summed E-state index contributed by atoms with van der Waals surface area (Å²) in [6, 6.07) is 5.54. The molecular formula is C12H15ClN2O3S. The predicted molar refractivity (Wildman–Crippen MR) is 72.3 cm³/mol. The number of nitriles is 1. The van der Waals surface area contributed by atoms with E-state index in [4.69, 9.17) is 22.0 Å². The Morgan fingerprint density at radius 3 is 2.74 bits per heavy atom. The SMILES string of the molecule is CC(CCCO)NS(=O)(=O)c1ccc(C#N)c(Cl)c1. The van der Waals surface area contributed by atoms with Gasteiger partial charge in [0.1, 0.15) is 6.07 Å². The van der Waals surface area contributed by atoms with E-state index >= 15 is 0 Å². The summed E-state index contributed by atoms with van der Waals surface area (Å²) < 4.78 is 26.6. The lowest BCUT2D eigenvalue weighted by atomic mass is 10.2. The Balaban J connectivity index is 2.89. The Hall–Kier alpha value is -1.13. The first-order valence-electron chi connectivity index (χ1n) is 5.73. The maximum Gasteiger partial charge on any atom is 0.240 e. The molecule has 0 fully saturated rings. The number of hydrogen-bond donors (Lipinski definition) is 2. The number of sulfonamides is 1. The molecule has 104 valence electrons. The number of hydrogen-bond acceptors (Lipinski definition) is 4. The lowest BCUT2D eigenvalue weighted by Crippen LogP contribution is -2.32. The van der Waals surface area contributed by atoms with Crippen LogP contribution in [0.15, 0.2) is 23.1 Å². The van der Waals surface area contributed by atoms with E-state index in [1.807, 2.05) is 6.07 Å². The average Bonchev–Trinajstić information content (AvgIpc) is 2.35. The number of nitrogens with one attached hydrogen (secondary N) is 1. The first-order valence-corrected chi connectivity index (χ1v) is 7.59. The Labute approximate surface area is 117 Å². The van der Waals surface area contributed by atoms with Crippen LogP contribution in [0.4, 0.5) is 0 Å². The molecule has 1 rings (SSSR count). The summed E-state index contributed by atoms with van der Waals surface area (Å²) in [5.74, 6) is 0. The van der Waals surface area contributed by atoms with Crippen molar-refractivity contribution in [2.24, 2.45) is 0 Å². The maximum atomic E-state index is 12.0. The number of aliphatic hydroxyl groups is 1. The summed E-state index contributed by atoms with van der Waals surface area (Å²) in [5, 5.41) is 17.5. The van der Waals surface area contributed by atoms with Crippen LogP contribution in [0.3, 0.4) is 0 Å². The van der Waals surface area contributed by atoms with Crippen molar-refractivity contribution in [1.29, 1.82) is 5.26 Å². The third-order valence-electron chi connectivity index (χ3n) is 2.52. The number of nitrogens with zero attached hydrogens (tertiary/aromatic N) is 1. The summed E-state index contributed by atoms with van der Waals surface area (Å²) in [7, 11) is -3.66. The molecule has 0 aliphatic carbocycles. The van der Waals surface area contributed by atoms with E-state index < -0.39 is 10.0 Å². The van der Waals surface area contributed by atoms with E-state index in [1.165, 1.54) is 18.2 Å². The van der Waals surface area contributed by atoms with Crippen molar-refractivity contribution >= 4 is 21.6 Å². The first kappa shape index (κ1) is 15.9. The molecule has 0 amide bonds. The van der Waals surface area contributed by atoms with Crippen LogP contribution in [-0.2, 0) is 10.0 Å². The second-order valence-electron chi connectivity index (χ2n) is 4.14. The normalized spacial score (nSPS) is 12.9. The fourth-order valence-corrected chi connectivity index (χ4v) is 3.13.